The van der Waals surface area contributed by atoms with Crippen LogP contribution in [0.1, 0.15) is 47.4 Å². The minimum Gasteiger partial charge on any atom is -0.339 e. The van der Waals surface area contributed by atoms with Crippen LogP contribution in [0.2, 0.25) is 0 Å². The minimum atomic E-state index is -0.879. The van der Waals surface area contributed by atoms with Crippen LogP contribution in [0.3, 0.4) is 0 Å². The van der Waals surface area contributed by atoms with E-state index < -0.39 is 23.2 Å². The topological polar surface area (TPSA) is 62.3 Å². The van der Waals surface area contributed by atoms with Gasteiger partial charge in [0.1, 0.15) is 17.3 Å². The maximum absolute atomic E-state index is 13.7. The third-order valence-corrected chi connectivity index (χ3v) is 3.72. The van der Waals surface area contributed by atoms with E-state index in [0.717, 1.165) is 25.0 Å². The van der Waals surface area contributed by atoms with E-state index in [-0.39, 0.29) is 17.0 Å². The lowest BCUT2D eigenvalue weighted by atomic mass is 10.1. The maximum Gasteiger partial charge on any atom is 0.257 e. The van der Waals surface area contributed by atoms with Gasteiger partial charge in [-0.2, -0.15) is 0 Å². The van der Waals surface area contributed by atoms with Crippen molar-refractivity contribution < 1.29 is 18.4 Å². The highest BCUT2D eigenvalue weighted by molar-refractivity contribution is 6.05. The lowest BCUT2D eigenvalue weighted by Crippen LogP contribution is -2.32. The van der Waals surface area contributed by atoms with E-state index in [1.165, 1.54) is 24.5 Å². The monoisotopic (exact) mass is 361 g/mol. The highest BCUT2D eigenvalue weighted by atomic mass is 19.1. The van der Waals surface area contributed by atoms with Crippen molar-refractivity contribution in [1.82, 2.24) is 9.88 Å². The van der Waals surface area contributed by atoms with Gasteiger partial charge in [-0.25, -0.2) is 8.78 Å². The number of benzene rings is 1. The fraction of sp³-hybridized carbons (Fsp3) is 0.316. The summed E-state index contributed by atoms with van der Waals surface area (Å²) in [5.74, 6) is -2.73. The minimum absolute atomic E-state index is 0.0476. The number of nitrogens with one attached hydrogen (secondary N) is 1. The van der Waals surface area contributed by atoms with Gasteiger partial charge in [0, 0.05) is 25.5 Å². The van der Waals surface area contributed by atoms with E-state index in [1.807, 2.05) is 13.8 Å². The number of carbonyl (C=O) groups is 2. The SMILES string of the molecule is CCCN(CCC)C(=O)c1cncc(C(=O)Nc2c(F)cccc2F)c1. The van der Waals surface area contributed by atoms with E-state index in [0.29, 0.717) is 13.1 Å². The lowest BCUT2D eigenvalue weighted by Gasteiger charge is -2.21. The number of pyridine rings is 1. The molecule has 1 aromatic heterocycles. The average molecular weight is 361 g/mol. The van der Waals surface area contributed by atoms with Crippen LogP contribution in [0.15, 0.2) is 36.7 Å². The molecule has 7 heteroatoms. The van der Waals surface area contributed by atoms with Gasteiger partial charge < -0.3 is 10.2 Å². The zero-order valence-electron chi connectivity index (χ0n) is 14.8. The lowest BCUT2D eigenvalue weighted by molar-refractivity contribution is 0.0755. The average Bonchev–Trinajstić information content (AvgIpc) is 2.64. The molecule has 0 radical (unpaired) electrons. The molecule has 5 nitrogen and oxygen atoms in total. The molecule has 2 aromatic rings. The van der Waals surface area contributed by atoms with Gasteiger partial charge in [0.25, 0.3) is 11.8 Å². The van der Waals surface area contributed by atoms with E-state index in [1.54, 1.807) is 4.90 Å². The van der Waals surface area contributed by atoms with Crippen LogP contribution in [0.5, 0.6) is 0 Å². The molecule has 2 rings (SSSR count). The molecule has 0 aliphatic rings. The summed E-state index contributed by atoms with van der Waals surface area (Å²) in [6.07, 6.45) is 4.24. The molecule has 0 unspecified atom stereocenters. The first-order chi connectivity index (χ1) is 12.5. The number of carbonyl (C=O) groups excluding carboxylic acids is 2. The summed E-state index contributed by atoms with van der Waals surface area (Å²) in [5, 5.41) is 2.19. The van der Waals surface area contributed by atoms with E-state index in [4.69, 9.17) is 0 Å². The molecule has 0 aliphatic heterocycles. The second-order valence-electron chi connectivity index (χ2n) is 5.81. The van der Waals surface area contributed by atoms with Crippen molar-refractivity contribution in [3.63, 3.8) is 0 Å². The van der Waals surface area contributed by atoms with Crippen molar-refractivity contribution in [3.8, 4) is 0 Å². The summed E-state index contributed by atoms with van der Waals surface area (Å²) in [4.78, 5) is 30.5. The maximum atomic E-state index is 13.7. The number of anilines is 1. The second kappa shape index (κ2) is 9.03. The summed E-state index contributed by atoms with van der Waals surface area (Å²) in [5.41, 5.74) is -0.229. The van der Waals surface area contributed by atoms with Crippen LogP contribution in [-0.2, 0) is 0 Å². The molecule has 1 heterocycles. The Kier molecular flexibility index (Phi) is 6.77. The van der Waals surface area contributed by atoms with Gasteiger partial charge in [0.05, 0.1) is 11.1 Å². The van der Waals surface area contributed by atoms with Gasteiger partial charge in [0.2, 0.25) is 0 Å². The number of hydrogen-bond donors (Lipinski definition) is 1. The van der Waals surface area contributed by atoms with Crippen molar-refractivity contribution in [2.24, 2.45) is 0 Å². The molecule has 0 fully saturated rings. The summed E-state index contributed by atoms with van der Waals surface area (Å²) < 4.78 is 27.4. The molecule has 1 aromatic carbocycles. The predicted molar refractivity (Wildman–Crippen MR) is 95.0 cm³/mol. The van der Waals surface area contributed by atoms with Crippen LogP contribution in [0.4, 0.5) is 14.5 Å². The first-order valence-corrected chi connectivity index (χ1v) is 8.47. The Morgan fingerprint density at radius 3 is 2.19 bits per heavy atom. The fourth-order valence-electron chi connectivity index (χ4n) is 2.52. The van der Waals surface area contributed by atoms with Gasteiger partial charge in [-0.05, 0) is 31.0 Å². The van der Waals surface area contributed by atoms with Crippen LogP contribution in [-0.4, -0.2) is 34.8 Å². The molecule has 0 spiro atoms. The summed E-state index contributed by atoms with van der Waals surface area (Å²) >= 11 is 0. The highest BCUT2D eigenvalue weighted by Gasteiger charge is 2.18. The molecule has 0 atom stereocenters. The Morgan fingerprint density at radius 1 is 1.04 bits per heavy atom. The zero-order chi connectivity index (χ0) is 19.1. The summed E-state index contributed by atoms with van der Waals surface area (Å²) in [6.45, 7) is 5.15. The number of rotatable bonds is 7. The normalized spacial score (nSPS) is 10.5. The van der Waals surface area contributed by atoms with Crippen molar-refractivity contribution in [2.45, 2.75) is 26.7 Å². The van der Waals surface area contributed by atoms with Gasteiger partial charge in [-0.3, -0.25) is 14.6 Å². The molecule has 0 saturated heterocycles. The van der Waals surface area contributed by atoms with Gasteiger partial charge >= 0.3 is 0 Å². The molecule has 0 aliphatic carbocycles. The molecular weight excluding hydrogens is 340 g/mol. The van der Waals surface area contributed by atoms with Crippen molar-refractivity contribution >= 4 is 17.5 Å². The molecule has 0 bridgehead atoms. The van der Waals surface area contributed by atoms with E-state index in [9.17, 15) is 18.4 Å². The largest absolute Gasteiger partial charge is 0.339 e. The van der Waals surface area contributed by atoms with Crippen LogP contribution in [0.25, 0.3) is 0 Å². The zero-order valence-corrected chi connectivity index (χ0v) is 14.8. The number of halogens is 2. The van der Waals surface area contributed by atoms with E-state index in [2.05, 4.69) is 10.3 Å². The van der Waals surface area contributed by atoms with Crippen LogP contribution < -0.4 is 5.32 Å². The van der Waals surface area contributed by atoms with Crippen LogP contribution >= 0.6 is 0 Å². The fourth-order valence-corrected chi connectivity index (χ4v) is 2.52. The third kappa shape index (κ3) is 4.62. The van der Waals surface area contributed by atoms with Crippen molar-refractivity contribution in [2.75, 3.05) is 18.4 Å². The molecule has 2 amide bonds. The van der Waals surface area contributed by atoms with Crippen molar-refractivity contribution in [1.29, 1.82) is 0 Å². The quantitative estimate of drug-likeness (QED) is 0.814. The Labute approximate surface area is 151 Å². The number of nitrogens with zero attached hydrogens (tertiary/aromatic N) is 2. The van der Waals surface area contributed by atoms with E-state index >= 15 is 0 Å². The number of para-hydroxylation sites is 1. The Morgan fingerprint density at radius 2 is 1.62 bits per heavy atom. The molecule has 138 valence electrons. The van der Waals surface area contributed by atoms with Gasteiger partial charge in [0.15, 0.2) is 0 Å². The smallest absolute Gasteiger partial charge is 0.257 e. The predicted octanol–water partition coefficient (Wildman–Crippen LogP) is 3.87. The number of aromatic nitrogens is 1. The van der Waals surface area contributed by atoms with Gasteiger partial charge in [-0.15, -0.1) is 0 Å². The standard InChI is InChI=1S/C19H21F2N3O2/c1-3-8-24(9-4-2)19(26)14-10-13(11-22-12-14)18(25)23-17-15(20)6-5-7-16(17)21/h5-7,10-12H,3-4,8-9H2,1-2H3,(H,23,25). The van der Waals surface area contributed by atoms with Crippen molar-refractivity contribution in [3.05, 3.63) is 59.4 Å². The first kappa shape index (κ1) is 19.5. The highest BCUT2D eigenvalue weighted by Crippen LogP contribution is 2.19. The third-order valence-electron chi connectivity index (χ3n) is 3.72. The second-order valence-corrected chi connectivity index (χ2v) is 5.81. The van der Waals surface area contributed by atoms with Gasteiger partial charge in [-0.1, -0.05) is 19.9 Å². The Balaban J connectivity index is 2.22. The molecular formula is C19H21F2N3O2. The molecule has 0 saturated carbocycles. The summed E-state index contributed by atoms with van der Waals surface area (Å²) in [6, 6.07) is 4.67. The molecule has 26 heavy (non-hydrogen) atoms. The Bertz CT molecular complexity index is 770. The Hall–Kier alpha value is -2.83. The first-order valence-electron chi connectivity index (χ1n) is 8.47. The number of amides is 2. The molecule has 1 N–H and O–H groups in total. The number of hydrogen-bond acceptors (Lipinski definition) is 3. The summed E-state index contributed by atoms with van der Waals surface area (Å²) in [7, 11) is 0. The van der Waals surface area contributed by atoms with Crippen LogP contribution in [0, 0.1) is 11.6 Å².